The molecule has 19 heavy (non-hydrogen) atoms. The van der Waals surface area contributed by atoms with Gasteiger partial charge >= 0.3 is 51.7 Å². The van der Waals surface area contributed by atoms with E-state index in [9.17, 15) is 0 Å². The molecule has 7 heteroatoms. The molecule has 0 aliphatic carbocycles. The van der Waals surface area contributed by atoms with E-state index in [0.29, 0.717) is 0 Å². The third kappa shape index (κ3) is 6.20. The molecule has 4 heterocycles. The van der Waals surface area contributed by atoms with Crippen LogP contribution in [0.5, 0.6) is 0 Å². The zero-order valence-electron chi connectivity index (χ0n) is 9.81. The summed E-state index contributed by atoms with van der Waals surface area (Å²) in [4.78, 5) is 0. The van der Waals surface area contributed by atoms with E-state index >= 15 is 0 Å². The number of hydrogen-bond donors (Lipinski definition) is 0. The fourth-order valence-corrected chi connectivity index (χ4v) is 3.06. The molecule has 0 aliphatic heterocycles. The molecule has 0 saturated carbocycles. The quantitative estimate of drug-likeness (QED) is 0.359. The Balaban J connectivity index is -0.000000213. The van der Waals surface area contributed by atoms with Gasteiger partial charge in [-0.15, -0.1) is 22.7 Å². The van der Waals surface area contributed by atoms with Crippen LogP contribution in [-0.4, -0.2) is 51.7 Å². The van der Waals surface area contributed by atoms with Crippen LogP contribution < -0.4 is 0 Å². The molecule has 4 aromatic rings. The summed E-state index contributed by atoms with van der Waals surface area (Å²) in [6, 6.07) is 17.1. The molecular formula is C12H8In2O3S2. The van der Waals surface area contributed by atoms with Gasteiger partial charge in [0.25, 0.3) is 0 Å². The molecule has 0 radical (unpaired) electrons. The average Bonchev–Trinajstić information content (AvgIpc) is 3.01. The third-order valence-corrected chi connectivity index (χ3v) is 4.15. The number of benzene rings is 2. The Morgan fingerprint density at radius 3 is 0.632 bits per heavy atom. The summed E-state index contributed by atoms with van der Waals surface area (Å²) in [5.41, 5.74) is 0. The monoisotopic (exact) mass is 494 g/mol. The first-order valence-corrected chi connectivity index (χ1v) is 6.09. The van der Waals surface area contributed by atoms with Gasteiger partial charge in [0.15, 0.2) is 0 Å². The van der Waals surface area contributed by atoms with Gasteiger partial charge in [0.2, 0.25) is 0 Å². The predicted molar refractivity (Wildman–Crippen MR) is 79.6 cm³/mol. The number of rotatable bonds is 0. The van der Waals surface area contributed by atoms with Gasteiger partial charge in [-0.05, 0) is 48.5 Å². The Morgan fingerprint density at radius 1 is 0.421 bits per heavy atom. The van der Waals surface area contributed by atoms with Crippen molar-refractivity contribution in [2.45, 2.75) is 0 Å². The Morgan fingerprint density at radius 2 is 0.579 bits per heavy atom. The van der Waals surface area contributed by atoms with Crippen molar-refractivity contribution in [1.29, 1.82) is 0 Å². The molecule has 4 rings (SSSR count). The largest absolute Gasteiger partial charge is 3.00 e. The zero-order chi connectivity index (χ0) is 9.38. The van der Waals surface area contributed by atoms with Crippen LogP contribution in [0.1, 0.15) is 0 Å². The zero-order valence-corrected chi connectivity index (χ0v) is 18.0. The molecule has 92 valence electrons. The van der Waals surface area contributed by atoms with E-state index in [1.54, 1.807) is 0 Å². The summed E-state index contributed by atoms with van der Waals surface area (Å²) in [6.07, 6.45) is 0. The summed E-state index contributed by atoms with van der Waals surface area (Å²) in [5, 5.41) is 0. The van der Waals surface area contributed by atoms with Crippen LogP contribution in [0, 0.1) is 0 Å². The SMILES string of the molecule is [In+3].[In+3].[O-2].[O-2].[O-2].c1cc2ccc1s2.c1cc2ccc1s2. The Kier molecular flexibility index (Phi) is 14.4. The van der Waals surface area contributed by atoms with Gasteiger partial charge in [0.1, 0.15) is 0 Å². The molecule has 0 atom stereocenters. The fourth-order valence-electron chi connectivity index (χ4n) is 1.42. The molecule has 3 nitrogen and oxygen atoms in total. The van der Waals surface area contributed by atoms with Crippen LogP contribution >= 0.6 is 22.7 Å². The van der Waals surface area contributed by atoms with E-state index in [2.05, 4.69) is 48.5 Å². The summed E-state index contributed by atoms with van der Waals surface area (Å²) in [7, 11) is 0. The van der Waals surface area contributed by atoms with Gasteiger partial charge in [0, 0.05) is 18.8 Å². The molecule has 0 unspecified atom stereocenters. The molecule has 4 aromatic heterocycles. The van der Waals surface area contributed by atoms with Crippen LogP contribution in [-0.2, 0) is 16.4 Å². The summed E-state index contributed by atoms with van der Waals surface area (Å²) in [5.74, 6) is 0. The van der Waals surface area contributed by atoms with Crippen molar-refractivity contribution < 1.29 is 16.4 Å². The van der Waals surface area contributed by atoms with Crippen molar-refractivity contribution in [1.82, 2.24) is 0 Å². The normalized spacial score (nSPS) is 8.00. The average molecular weight is 494 g/mol. The van der Waals surface area contributed by atoms with Crippen LogP contribution in [0.3, 0.4) is 0 Å². The molecule has 4 bridgehead atoms. The first-order chi connectivity index (χ1) is 6.90. The van der Waals surface area contributed by atoms with Crippen LogP contribution in [0.25, 0.3) is 18.8 Å². The molecule has 0 aromatic carbocycles. The van der Waals surface area contributed by atoms with Gasteiger partial charge in [-0.3, -0.25) is 0 Å². The molecule has 0 fully saturated rings. The minimum Gasteiger partial charge on any atom is -2.00 e. The smallest absolute Gasteiger partial charge is 2.00 e. The van der Waals surface area contributed by atoms with E-state index in [1.807, 2.05) is 22.7 Å². The van der Waals surface area contributed by atoms with Crippen molar-refractivity contribution in [2.75, 3.05) is 0 Å². The minimum absolute atomic E-state index is 0. The minimum atomic E-state index is 0. The number of hydrogen-bond acceptors (Lipinski definition) is 2. The van der Waals surface area contributed by atoms with E-state index in [-0.39, 0.29) is 68.1 Å². The Bertz CT molecular complexity index is 477. The molecular weight excluding hydrogens is 486 g/mol. The summed E-state index contributed by atoms with van der Waals surface area (Å²) in [6.45, 7) is 0. The van der Waals surface area contributed by atoms with Gasteiger partial charge < -0.3 is 16.4 Å². The predicted octanol–water partition coefficient (Wildman–Crippen LogP) is 3.56. The Labute approximate surface area is 156 Å². The van der Waals surface area contributed by atoms with E-state index in [0.717, 1.165) is 0 Å². The molecule has 0 aliphatic rings. The van der Waals surface area contributed by atoms with Crippen molar-refractivity contribution in [3.63, 3.8) is 0 Å². The standard InChI is InChI=1S/2C6H4S.2In.3O/c2*1-2-6-4-3-5(1)7-6;;;;;/h2*1-4H;;;;;/q;;2*+3;3*-2. The first kappa shape index (κ1) is 24.5. The number of thiophene rings is 4. The molecule has 0 saturated heterocycles. The second-order valence-electron chi connectivity index (χ2n) is 3.15. The number of fused-ring (bicyclic) bond motifs is 4. The fraction of sp³-hybridized carbons (Fsp3) is 0. The molecule has 0 N–H and O–H groups in total. The van der Waals surface area contributed by atoms with E-state index in [4.69, 9.17) is 0 Å². The maximum atomic E-state index is 2.14. The molecule has 0 spiro atoms. The van der Waals surface area contributed by atoms with Gasteiger partial charge in [0.05, 0.1) is 0 Å². The van der Waals surface area contributed by atoms with Crippen molar-refractivity contribution >= 4 is 93.2 Å². The maximum absolute atomic E-state index is 2.14. The van der Waals surface area contributed by atoms with Gasteiger partial charge in [-0.25, -0.2) is 0 Å². The summed E-state index contributed by atoms with van der Waals surface area (Å²) < 4.78 is 5.54. The van der Waals surface area contributed by atoms with Gasteiger partial charge in [-0.1, -0.05) is 0 Å². The second-order valence-corrected chi connectivity index (χ2v) is 5.44. The van der Waals surface area contributed by atoms with Crippen molar-refractivity contribution in [3.8, 4) is 0 Å². The van der Waals surface area contributed by atoms with E-state index in [1.165, 1.54) is 18.8 Å². The van der Waals surface area contributed by atoms with Crippen molar-refractivity contribution in [2.24, 2.45) is 0 Å². The second kappa shape index (κ2) is 11.2. The summed E-state index contributed by atoms with van der Waals surface area (Å²) >= 11 is 3.69. The van der Waals surface area contributed by atoms with Crippen LogP contribution in [0.4, 0.5) is 0 Å². The van der Waals surface area contributed by atoms with Gasteiger partial charge in [-0.2, -0.15) is 0 Å². The topological polar surface area (TPSA) is 85.5 Å². The van der Waals surface area contributed by atoms with Crippen LogP contribution in [0.15, 0.2) is 48.5 Å². The molecule has 0 amide bonds. The van der Waals surface area contributed by atoms with Crippen molar-refractivity contribution in [3.05, 3.63) is 48.5 Å². The van der Waals surface area contributed by atoms with Crippen LogP contribution in [0.2, 0.25) is 0 Å². The maximum Gasteiger partial charge on any atom is 3.00 e. The first-order valence-electron chi connectivity index (χ1n) is 4.46. The third-order valence-electron chi connectivity index (χ3n) is 2.12. The van der Waals surface area contributed by atoms with E-state index < -0.39 is 0 Å². The Hall–Kier alpha value is 0.500.